The van der Waals surface area contributed by atoms with Gasteiger partial charge in [-0.1, -0.05) is 49.8 Å². The van der Waals surface area contributed by atoms with E-state index in [1.807, 2.05) is 12.2 Å². The van der Waals surface area contributed by atoms with Gasteiger partial charge in [0.25, 0.3) is 0 Å². The monoisotopic (exact) mass is 336 g/mol. The average Bonchev–Trinajstić information content (AvgIpc) is 2.39. The van der Waals surface area contributed by atoms with Crippen molar-refractivity contribution in [1.29, 1.82) is 0 Å². The van der Waals surface area contributed by atoms with E-state index < -0.39 is 17.8 Å². The third kappa shape index (κ3) is 10.1. The molecule has 2 atom stereocenters. The lowest BCUT2D eigenvalue weighted by molar-refractivity contribution is 0.0609. The summed E-state index contributed by atoms with van der Waals surface area (Å²) in [5.41, 5.74) is 0.646. The molecule has 24 heavy (non-hydrogen) atoms. The van der Waals surface area contributed by atoms with Crippen molar-refractivity contribution in [2.24, 2.45) is 5.41 Å². The highest BCUT2D eigenvalue weighted by atomic mass is 16.3. The molecule has 0 unspecified atom stereocenters. The Bertz CT molecular complexity index is 440. The zero-order valence-corrected chi connectivity index (χ0v) is 15.8. The van der Waals surface area contributed by atoms with Crippen LogP contribution < -0.4 is 0 Å². The van der Waals surface area contributed by atoms with Crippen LogP contribution in [0.15, 0.2) is 36.0 Å². The van der Waals surface area contributed by atoms with Crippen LogP contribution in [0, 0.1) is 5.41 Å². The molecule has 0 aromatic rings. The summed E-state index contributed by atoms with van der Waals surface area (Å²) < 4.78 is 0. The Balaban J connectivity index is 2.28. The number of unbranched alkanes of at least 4 members (excludes halogenated alkanes) is 1. The Kier molecular flexibility index (Phi) is 8.41. The third-order valence-electron chi connectivity index (χ3n) is 4.43. The van der Waals surface area contributed by atoms with Crippen molar-refractivity contribution in [2.45, 2.75) is 90.4 Å². The summed E-state index contributed by atoms with van der Waals surface area (Å²) in [5, 5.41) is 29.0. The molecule has 3 nitrogen and oxygen atoms in total. The molecule has 3 N–H and O–H groups in total. The summed E-state index contributed by atoms with van der Waals surface area (Å²) >= 11 is 0. The summed E-state index contributed by atoms with van der Waals surface area (Å²) in [6, 6.07) is 0. The van der Waals surface area contributed by atoms with Gasteiger partial charge in [-0.15, -0.1) is 0 Å². The highest BCUT2D eigenvalue weighted by Gasteiger charge is 2.21. The van der Waals surface area contributed by atoms with Gasteiger partial charge in [0.1, 0.15) is 0 Å². The van der Waals surface area contributed by atoms with Crippen molar-refractivity contribution in [2.75, 3.05) is 0 Å². The van der Waals surface area contributed by atoms with Crippen molar-refractivity contribution in [3.05, 3.63) is 36.0 Å². The third-order valence-corrected chi connectivity index (χ3v) is 4.43. The standard InChI is InChI=1S/C21H36O3/c1-20(2,12-9-13-21(3,4)24)11-8-6-5-7-10-17-14-18(22)16-19(23)15-17/h5,7,9-10,13,18-19,22-24H,6,8,11-12,14-16H2,1-4H3/t18-,19-/m1/s1. The number of hydrogen-bond donors (Lipinski definition) is 3. The Morgan fingerprint density at radius 2 is 1.67 bits per heavy atom. The van der Waals surface area contributed by atoms with E-state index >= 15 is 0 Å². The van der Waals surface area contributed by atoms with Crippen LogP contribution in [0.1, 0.15) is 72.6 Å². The number of allylic oxidation sites excluding steroid dienone is 4. The van der Waals surface area contributed by atoms with Crippen LogP contribution in [0.2, 0.25) is 0 Å². The zero-order valence-electron chi connectivity index (χ0n) is 15.8. The van der Waals surface area contributed by atoms with Gasteiger partial charge >= 0.3 is 0 Å². The van der Waals surface area contributed by atoms with Gasteiger partial charge in [-0.25, -0.2) is 0 Å². The van der Waals surface area contributed by atoms with E-state index in [1.165, 1.54) is 0 Å². The molecule has 0 heterocycles. The molecule has 138 valence electrons. The maximum absolute atomic E-state index is 9.70. The average molecular weight is 337 g/mol. The highest BCUT2D eigenvalue weighted by molar-refractivity contribution is 5.16. The van der Waals surface area contributed by atoms with Crippen molar-refractivity contribution in [3.63, 3.8) is 0 Å². The van der Waals surface area contributed by atoms with Crippen molar-refractivity contribution in [1.82, 2.24) is 0 Å². The van der Waals surface area contributed by atoms with Gasteiger partial charge in [0, 0.05) is 0 Å². The summed E-state index contributed by atoms with van der Waals surface area (Å²) in [6.07, 6.45) is 15.6. The molecule has 0 saturated heterocycles. The van der Waals surface area contributed by atoms with Gasteiger partial charge < -0.3 is 15.3 Å². The van der Waals surface area contributed by atoms with E-state index in [4.69, 9.17) is 0 Å². The SMILES string of the molecule is CC(C)(O)C=CCC(C)(C)CCCC=CC=C1C[C@@H](O)C[C@H](O)C1. The first-order valence-corrected chi connectivity index (χ1v) is 9.18. The number of hydrogen-bond acceptors (Lipinski definition) is 3. The van der Waals surface area contributed by atoms with Crippen LogP contribution in [0.5, 0.6) is 0 Å². The van der Waals surface area contributed by atoms with Crippen molar-refractivity contribution >= 4 is 0 Å². The molecule has 0 aliphatic heterocycles. The summed E-state index contributed by atoms with van der Waals surface area (Å²) in [5.74, 6) is 0. The van der Waals surface area contributed by atoms with Crippen LogP contribution in [0.25, 0.3) is 0 Å². The Labute approximate surface area is 147 Å². The second-order valence-corrected chi connectivity index (χ2v) is 8.52. The predicted octanol–water partition coefficient (Wildman–Crippen LogP) is 4.29. The van der Waals surface area contributed by atoms with Crippen LogP contribution in [0.3, 0.4) is 0 Å². The lowest BCUT2D eigenvalue weighted by Crippen LogP contribution is -2.24. The van der Waals surface area contributed by atoms with E-state index in [-0.39, 0.29) is 5.41 Å². The highest BCUT2D eigenvalue weighted by Crippen LogP contribution is 2.28. The van der Waals surface area contributed by atoms with Gasteiger partial charge in [-0.05, 0) is 64.2 Å². The maximum atomic E-state index is 9.70. The molecule has 0 spiro atoms. The summed E-state index contributed by atoms with van der Waals surface area (Å²) in [7, 11) is 0. The predicted molar refractivity (Wildman–Crippen MR) is 101 cm³/mol. The largest absolute Gasteiger partial charge is 0.393 e. The lowest BCUT2D eigenvalue weighted by Gasteiger charge is -2.24. The first-order valence-electron chi connectivity index (χ1n) is 9.18. The molecule has 0 bridgehead atoms. The van der Waals surface area contributed by atoms with Crippen molar-refractivity contribution in [3.8, 4) is 0 Å². The molecule has 1 fully saturated rings. The molecule has 1 aliphatic rings. The normalized spacial score (nSPS) is 23.4. The molecule has 1 saturated carbocycles. The molecular weight excluding hydrogens is 300 g/mol. The second kappa shape index (κ2) is 9.55. The molecule has 0 aromatic carbocycles. The Hall–Kier alpha value is -0.900. The van der Waals surface area contributed by atoms with Crippen LogP contribution in [-0.4, -0.2) is 33.1 Å². The minimum absolute atomic E-state index is 0.242. The second-order valence-electron chi connectivity index (χ2n) is 8.52. The minimum Gasteiger partial charge on any atom is -0.393 e. The molecule has 1 aliphatic carbocycles. The molecular formula is C21H36O3. The topological polar surface area (TPSA) is 60.7 Å². The number of rotatable bonds is 8. The fourth-order valence-electron chi connectivity index (χ4n) is 3.07. The lowest BCUT2D eigenvalue weighted by atomic mass is 9.83. The van der Waals surface area contributed by atoms with E-state index in [0.717, 1.165) is 31.3 Å². The van der Waals surface area contributed by atoms with Crippen LogP contribution in [0.4, 0.5) is 0 Å². The van der Waals surface area contributed by atoms with Gasteiger partial charge in [-0.3, -0.25) is 0 Å². The van der Waals surface area contributed by atoms with Gasteiger partial charge in [-0.2, -0.15) is 0 Å². The van der Waals surface area contributed by atoms with E-state index in [1.54, 1.807) is 13.8 Å². The minimum atomic E-state index is -0.730. The smallest absolute Gasteiger partial charge is 0.0771 e. The maximum Gasteiger partial charge on any atom is 0.0771 e. The van der Waals surface area contributed by atoms with Gasteiger partial charge in [0.2, 0.25) is 0 Å². The first-order chi connectivity index (χ1) is 11.1. The Morgan fingerprint density at radius 1 is 1.04 bits per heavy atom. The molecule has 3 heteroatoms. The Morgan fingerprint density at radius 3 is 2.25 bits per heavy atom. The molecule has 0 aromatic heterocycles. The number of aliphatic hydroxyl groups is 3. The van der Waals surface area contributed by atoms with E-state index in [9.17, 15) is 15.3 Å². The number of aliphatic hydroxyl groups excluding tert-OH is 2. The fourth-order valence-corrected chi connectivity index (χ4v) is 3.07. The molecule has 1 rings (SSSR count). The first kappa shape index (κ1) is 21.1. The quantitative estimate of drug-likeness (QED) is 0.458. The van der Waals surface area contributed by atoms with Crippen LogP contribution >= 0.6 is 0 Å². The van der Waals surface area contributed by atoms with Crippen LogP contribution in [-0.2, 0) is 0 Å². The van der Waals surface area contributed by atoms with E-state index in [2.05, 4.69) is 32.1 Å². The molecule has 0 radical (unpaired) electrons. The summed E-state index contributed by atoms with van der Waals surface area (Å²) in [6.45, 7) is 8.11. The fraction of sp³-hybridized carbons (Fsp3) is 0.714. The van der Waals surface area contributed by atoms with Crippen molar-refractivity contribution < 1.29 is 15.3 Å². The molecule has 0 amide bonds. The summed E-state index contributed by atoms with van der Waals surface area (Å²) in [4.78, 5) is 0. The zero-order chi connectivity index (χ0) is 18.2. The van der Waals surface area contributed by atoms with Gasteiger partial charge in [0.15, 0.2) is 0 Å². The van der Waals surface area contributed by atoms with E-state index in [0.29, 0.717) is 19.3 Å². The van der Waals surface area contributed by atoms with Gasteiger partial charge in [0.05, 0.1) is 17.8 Å².